The lowest BCUT2D eigenvalue weighted by Gasteiger charge is -1.98. The van der Waals surface area contributed by atoms with Crippen LogP contribution in [0.25, 0.3) is 6.08 Å². The van der Waals surface area contributed by atoms with Gasteiger partial charge < -0.3 is 4.74 Å². The molecule has 0 aliphatic heterocycles. The van der Waals surface area contributed by atoms with Gasteiger partial charge in [0.25, 0.3) is 5.69 Å². The summed E-state index contributed by atoms with van der Waals surface area (Å²) in [5, 5.41) is 10.6. The third-order valence-electron chi connectivity index (χ3n) is 2.03. The van der Waals surface area contributed by atoms with Gasteiger partial charge in [-0.2, -0.15) is 0 Å². The molecule has 0 N–H and O–H groups in total. The van der Waals surface area contributed by atoms with E-state index in [0.717, 1.165) is 0 Å². The van der Waals surface area contributed by atoms with E-state index in [2.05, 4.69) is 4.74 Å². The fraction of sp³-hybridized carbons (Fsp3) is 0.182. The Labute approximate surface area is 92.5 Å². The van der Waals surface area contributed by atoms with Gasteiger partial charge in [0.15, 0.2) is 0 Å². The SMILES string of the molecule is COC(=O)/C=C/c1ccc([N+](=O)[O-])c(C)c1. The van der Waals surface area contributed by atoms with Crippen LogP contribution in [0.4, 0.5) is 5.69 Å². The first-order valence-electron chi connectivity index (χ1n) is 4.55. The number of rotatable bonds is 3. The lowest BCUT2D eigenvalue weighted by Crippen LogP contribution is -1.94. The van der Waals surface area contributed by atoms with Gasteiger partial charge in [-0.05, 0) is 30.7 Å². The highest BCUT2D eigenvalue weighted by molar-refractivity contribution is 5.87. The number of benzene rings is 1. The van der Waals surface area contributed by atoms with Crippen molar-refractivity contribution in [3.63, 3.8) is 0 Å². The Morgan fingerprint density at radius 2 is 2.19 bits per heavy atom. The molecule has 1 aromatic rings. The molecule has 0 radical (unpaired) electrons. The zero-order chi connectivity index (χ0) is 12.1. The van der Waals surface area contributed by atoms with Crippen LogP contribution in [0.5, 0.6) is 0 Å². The molecular formula is C11H11NO4. The topological polar surface area (TPSA) is 69.4 Å². The van der Waals surface area contributed by atoms with Crippen molar-refractivity contribution in [3.8, 4) is 0 Å². The predicted octanol–water partition coefficient (Wildman–Crippen LogP) is 2.09. The lowest BCUT2D eigenvalue weighted by molar-refractivity contribution is -0.385. The van der Waals surface area contributed by atoms with Crippen molar-refractivity contribution < 1.29 is 14.5 Å². The third-order valence-corrected chi connectivity index (χ3v) is 2.03. The molecule has 0 spiro atoms. The molecule has 5 nitrogen and oxygen atoms in total. The van der Waals surface area contributed by atoms with Crippen LogP contribution in [0.1, 0.15) is 11.1 Å². The smallest absolute Gasteiger partial charge is 0.330 e. The lowest BCUT2D eigenvalue weighted by atomic mass is 10.1. The molecule has 0 bridgehead atoms. The van der Waals surface area contributed by atoms with Crippen LogP contribution in [-0.2, 0) is 9.53 Å². The number of nitro benzene ring substituents is 1. The number of nitro groups is 1. The number of carbonyl (C=O) groups is 1. The zero-order valence-electron chi connectivity index (χ0n) is 8.97. The molecule has 5 heteroatoms. The van der Waals surface area contributed by atoms with Crippen molar-refractivity contribution in [2.24, 2.45) is 0 Å². The van der Waals surface area contributed by atoms with Gasteiger partial charge in [0, 0.05) is 17.7 Å². The van der Waals surface area contributed by atoms with Gasteiger partial charge in [0.1, 0.15) is 0 Å². The van der Waals surface area contributed by atoms with Crippen LogP contribution in [0.3, 0.4) is 0 Å². The second kappa shape index (κ2) is 5.06. The maximum atomic E-state index is 10.8. The van der Waals surface area contributed by atoms with Gasteiger partial charge in [-0.1, -0.05) is 0 Å². The number of carbonyl (C=O) groups excluding carboxylic acids is 1. The summed E-state index contributed by atoms with van der Waals surface area (Å²) in [7, 11) is 1.29. The minimum absolute atomic E-state index is 0.0650. The summed E-state index contributed by atoms with van der Waals surface area (Å²) in [6.45, 7) is 1.65. The van der Waals surface area contributed by atoms with E-state index in [-0.39, 0.29) is 5.69 Å². The Bertz CT molecular complexity index is 451. The first-order valence-corrected chi connectivity index (χ1v) is 4.55. The van der Waals surface area contributed by atoms with Crippen molar-refractivity contribution in [2.75, 3.05) is 7.11 Å². The Morgan fingerprint density at radius 3 is 2.69 bits per heavy atom. The summed E-state index contributed by atoms with van der Waals surface area (Å²) < 4.78 is 4.43. The molecule has 0 aliphatic carbocycles. The Hall–Kier alpha value is -2.17. The molecule has 1 aromatic carbocycles. The average Bonchev–Trinajstić information content (AvgIpc) is 2.25. The molecule has 1 rings (SSSR count). The molecule has 0 aliphatic rings. The normalized spacial score (nSPS) is 10.4. The highest BCUT2D eigenvalue weighted by Gasteiger charge is 2.08. The van der Waals surface area contributed by atoms with Gasteiger partial charge in [-0.25, -0.2) is 4.79 Å². The zero-order valence-corrected chi connectivity index (χ0v) is 8.97. The molecule has 0 saturated carbocycles. The highest BCUT2D eigenvalue weighted by Crippen LogP contribution is 2.19. The van der Waals surface area contributed by atoms with E-state index in [1.54, 1.807) is 25.1 Å². The number of aryl methyl sites for hydroxylation is 1. The first-order chi connectivity index (χ1) is 7.54. The summed E-state index contributed by atoms with van der Waals surface area (Å²) in [6.07, 6.45) is 2.81. The van der Waals surface area contributed by atoms with E-state index in [0.29, 0.717) is 11.1 Å². The molecule has 0 atom stereocenters. The third kappa shape index (κ3) is 2.91. The van der Waals surface area contributed by atoms with Crippen molar-refractivity contribution in [1.29, 1.82) is 0 Å². The van der Waals surface area contributed by atoms with Gasteiger partial charge in [0.05, 0.1) is 12.0 Å². The molecule has 0 saturated heterocycles. The fourth-order valence-electron chi connectivity index (χ4n) is 1.22. The number of methoxy groups -OCH3 is 1. The molecule has 16 heavy (non-hydrogen) atoms. The van der Waals surface area contributed by atoms with Crippen LogP contribution >= 0.6 is 0 Å². The highest BCUT2D eigenvalue weighted by atomic mass is 16.6. The predicted molar refractivity (Wildman–Crippen MR) is 58.9 cm³/mol. The van der Waals surface area contributed by atoms with Gasteiger partial charge in [-0.15, -0.1) is 0 Å². The van der Waals surface area contributed by atoms with Gasteiger partial charge in [-0.3, -0.25) is 10.1 Å². The maximum absolute atomic E-state index is 10.8. The minimum Gasteiger partial charge on any atom is -0.466 e. The molecule has 0 heterocycles. The first kappa shape index (κ1) is 11.9. The number of hydrogen-bond acceptors (Lipinski definition) is 4. The molecule has 0 fully saturated rings. The van der Waals surface area contributed by atoms with Crippen molar-refractivity contribution in [1.82, 2.24) is 0 Å². The largest absolute Gasteiger partial charge is 0.466 e. The van der Waals surface area contributed by atoms with Crippen LogP contribution in [-0.4, -0.2) is 18.0 Å². The molecule has 0 amide bonds. The summed E-state index contributed by atoms with van der Waals surface area (Å²) in [5.74, 6) is -0.462. The second-order valence-electron chi connectivity index (χ2n) is 3.16. The summed E-state index contributed by atoms with van der Waals surface area (Å²) >= 11 is 0. The van der Waals surface area contributed by atoms with E-state index in [1.807, 2.05) is 0 Å². The maximum Gasteiger partial charge on any atom is 0.330 e. The molecule has 84 valence electrons. The number of esters is 1. The standard InChI is InChI=1S/C11H11NO4/c1-8-7-9(4-6-11(13)16-2)3-5-10(8)12(14)15/h3-7H,1-2H3/b6-4+. The number of hydrogen-bond donors (Lipinski definition) is 0. The van der Waals surface area contributed by atoms with E-state index < -0.39 is 10.9 Å². The van der Waals surface area contributed by atoms with Crippen LogP contribution in [0.15, 0.2) is 24.3 Å². The molecule has 0 unspecified atom stereocenters. The average molecular weight is 221 g/mol. The van der Waals surface area contributed by atoms with Crippen LogP contribution < -0.4 is 0 Å². The molecular weight excluding hydrogens is 210 g/mol. The molecule has 0 aromatic heterocycles. The summed E-state index contributed by atoms with van der Waals surface area (Å²) in [6, 6.07) is 4.62. The monoisotopic (exact) mass is 221 g/mol. The fourth-order valence-corrected chi connectivity index (χ4v) is 1.22. The van der Waals surface area contributed by atoms with Crippen molar-refractivity contribution in [3.05, 3.63) is 45.5 Å². The van der Waals surface area contributed by atoms with E-state index in [9.17, 15) is 14.9 Å². The number of nitrogens with zero attached hydrogens (tertiary/aromatic N) is 1. The van der Waals surface area contributed by atoms with Gasteiger partial charge in [0.2, 0.25) is 0 Å². The quantitative estimate of drug-likeness (QED) is 0.339. The Balaban J connectivity index is 2.94. The van der Waals surface area contributed by atoms with Crippen molar-refractivity contribution in [2.45, 2.75) is 6.92 Å². The second-order valence-corrected chi connectivity index (χ2v) is 3.16. The van der Waals surface area contributed by atoms with E-state index in [1.165, 1.54) is 19.3 Å². The number of ether oxygens (including phenoxy) is 1. The summed E-state index contributed by atoms with van der Waals surface area (Å²) in [5.41, 5.74) is 1.33. The Kier molecular flexibility index (Phi) is 3.77. The van der Waals surface area contributed by atoms with E-state index in [4.69, 9.17) is 0 Å². The van der Waals surface area contributed by atoms with Crippen LogP contribution in [0.2, 0.25) is 0 Å². The minimum atomic E-state index is -0.462. The Morgan fingerprint density at radius 1 is 1.50 bits per heavy atom. The van der Waals surface area contributed by atoms with Gasteiger partial charge >= 0.3 is 5.97 Å². The van der Waals surface area contributed by atoms with Crippen molar-refractivity contribution >= 4 is 17.7 Å². The van der Waals surface area contributed by atoms with Crippen LogP contribution in [0, 0.1) is 17.0 Å². The summed E-state index contributed by atoms with van der Waals surface area (Å²) in [4.78, 5) is 20.9. The van der Waals surface area contributed by atoms with E-state index >= 15 is 0 Å².